The van der Waals surface area contributed by atoms with E-state index in [4.69, 9.17) is 14.5 Å². The molecule has 1 aliphatic heterocycles. The number of sulfonamides is 1. The average molecular weight is 776 g/mol. The number of aromatic nitrogens is 1. The van der Waals surface area contributed by atoms with Crippen LogP contribution in [0, 0.1) is 11.8 Å². The SMILES string of the molecule is C=C[C@@H]1C[C@]1(NC(=O)[C@@H]1C[C@@H](Oc2cc(-c3ccccc3)nc3cc(OC)ccc23)CN1C(=O)[C@H](C(C)C)N(C(=O)O)C(C)(C)C)C(=O)NS(=O)(=O)C1CC1. The number of nitrogens with one attached hydrogen (secondary N) is 2. The van der Waals surface area contributed by atoms with Gasteiger partial charge in [0.15, 0.2) is 0 Å². The van der Waals surface area contributed by atoms with Gasteiger partial charge in [0.05, 0.1) is 30.1 Å². The summed E-state index contributed by atoms with van der Waals surface area (Å²) < 4.78 is 39.8. The highest BCUT2D eigenvalue weighted by atomic mass is 32.2. The van der Waals surface area contributed by atoms with Gasteiger partial charge in [0.2, 0.25) is 21.8 Å². The predicted molar refractivity (Wildman–Crippen MR) is 206 cm³/mol. The highest BCUT2D eigenvalue weighted by Gasteiger charge is 2.62. The Morgan fingerprint density at radius 1 is 1.09 bits per heavy atom. The molecule has 0 bridgehead atoms. The lowest BCUT2D eigenvalue weighted by molar-refractivity contribution is -0.145. The number of pyridine rings is 1. The van der Waals surface area contributed by atoms with Crippen molar-refractivity contribution in [1.82, 2.24) is 24.8 Å². The summed E-state index contributed by atoms with van der Waals surface area (Å²) in [5, 5.41) is 13.1. The third-order valence-electron chi connectivity index (χ3n) is 10.5. The van der Waals surface area contributed by atoms with E-state index in [1.165, 1.54) is 11.0 Å². The molecule has 3 N–H and O–H groups in total. The second-order valence-electron chi connectivity index (χ2n) is 15.9. The molecule has 0 unspecified atom stereocenters. The Balaban J connectivity index is 1.37. The van der Waals surface area contributed by atoms with Gasteiger partial charge in [-0.3, -0.25) is 24.0 Å². The summed E-state index contributed by atoms with van der Waals surface area (Å²) in [4.78, 5) is 62.7. The minimum Gasteiger partial charge on any atom is -0.497 e. The summed E-state index contributed by atoms with van der Waals surface area (Å²) in [5.74, 6) is -2.16. The number of carbonyl (C=O) groups excluding carboxylic acids is 3. The highest BCUT2D eigenvalue weighted by Crippen LogP contribution is 2.46. The van der Waals surface area contributed by atoms with Crippen molar-refractivity contribution in [3.63, 3.8) is 0 Å². The summed E-state index contributed by atoms with van der Waals surface area (Å²) in [6.07, 6.45) is 0.436. The largest absolute Gasteiger partial charge is 0.497 e. The van der Waals surface area contributed by atoms with Crippen LogP contribution in [0.2, 0.25) is 0 Å². The third kappa shape index (κ3) is 7.98. The Morgan fingerprint density at radius 2 is 1.78 bits per heavy atom. The molecule has 0 radical (unpaired) electrons. The van der Waals surface area contributed by atoms with Gasteiger partial charge >= 0.3 is 6.09 Å². The number of ether oxygens (including phenoxy) is 2. The Hall–Kier alpha value is -5.18. The van der Waals surface area contributed by atoms with Crippen LogP contribution < -0.4 is 19.5 Å². The molecular formula is C40H49N5O9S. The van der Waals surface area contributed by atoms with E-state index < -0.39 is 80.2 Å². The van der Waals surface area contributed by atoms with Gasteiger partial charge < -0.3 is 24.8 Å². The fraction of sp³-hybridized carbons (Fsp3) is 0.475. The topological polar surface area (TPSA) is 185 Å². The van der Waals surface area contributed by atoms with Crippen molar-refractivity contribution in [3.05, 3.63) is 67.3 Å². The molecule has 15 heteroatoms. The summed E-state index contributed by atoms with van der Waals surface area (Å²) in [6.45, 7) is 12.3. The first kappa shape index (κ1) is 39.5. The van der Waals surface area contributed by atoms with Crippen LogP contribution in [0.5, 0.6) is 11.5 Å². The molecule has 6 rings (SSSR count). The van der Waals surface area contributed by atoms with Crippen LogP contribution >= 0.6 is 0 Å². The molecule has 3 fully saturated rings. The minimum atomic E-state index is -3.93. The average Bonchev–Trinajstić information content (AvgIpc) is 4.06. The zero-order valence-corrected chi connectivity index (χ0v) is 32.8. The van der Waals surface area contributed by atoms with Crippen LogP contribution in [-0.4, -0.2) is 100 Å². The second-order valence-corrected chi connectivity index (χ2v) is 17.9. The smallest absolute Gasteiger partial charge is 0.408 e. The zero-order chi connectivity index (χ0) is 40.0. The molecule has 2 saturated carbocycles. The van der Waals surface area contributed by atoms with Crippen LogP contribution in [0.15, 0.2) is 67.3 Å². The fourth-order valence-corrected chi connectivity index (χ4v) is 8.78. The van der Waals surface area contributed by atoms with Crippen molar-refractivity contribution < 1.29 is 42.2 Å². The number of methoxy groups -OCH3 is 1. The number of fused-ring (bicyclic) bond motifs is 1. The fourth-order valence-electron chi connectivity index (χ4n) is 7.42. The molecule has 4 amide bonds. The Kier molecular flexibility index (Phi) is 10.6. The van der Waals surface area contributed by atoms with Crippen molar-refractivity contribution >= 4 is 44.7 Å². The number of hydrogen-bond acceptors (Lipinski definition) is 9. The van der Waals surface area contributed by atoms with Crippen molar-refractivity contribution in [3.8, 4) is 22.8 Å². The quantitative estimate of drug-likeness (QED) is 0.205. The molecule has 3 aromatic rings. The highest BCUT2D eigenvalue weighted by molar-refractivity contribution is 7.91. The maximum Gasteiger partial charge on any atom is 0.408 e. The number of likely N-dealkylation sites (tertiary alicyclic amines) is 1. The monoisotopic (exact) mass is 775 g/mol. The predicted octanol–water partition coefficient (Wildman–Crippen LogP) is 4.73. The number of nitrogens with zero attached hydrogens (tertiary/aromatic N) is 3. The van der Waals surface area contributed by atoms with Crippen LogP contribution in [0.25, 0.3) is 22.2 Å². The number of hydrogen-bond donors (Lipinski definition) is 3. The Bertz CT molecular complexity index is 2120. The molecule has 5 atom stereocenters. The molecule has 1 aromatic heterocycles. The van der Waals surface area contributed by atoms with Crippen molar-refractivity contribution in [2.45, 2.75) is 94.8 Å². The van der Waals surface area contributed by atoms with E-state index in [0.717, 1.165) is 10.5 Å². The van der Waals surface area contributed by atoms with Gasteiger partial charge in [0.1, 0.15) is 35.2 Å². The van der Waals surface area contributed by atoms with Crippen LogP contribution in [0.4, 0.5) is 4.79 Å². The molecule has 0 spiro atoms. The van der Waals surface area contributed by atoms with E-state index in [2.05, 4.69) is 16.6 Å². The van der Waals surface area contributed by atoms with Crippen molar-refractivity contribution in [2.75, 3.05) is 13.7 Å². The standard InChI is InChI=1S/C40H49N5O9S/c1-8-25-21-40(25,37(48)43-55(51,52)28-15-16-28)42-35(46)32-19-27(22-44(32)36(47)34(23(2)3)45(38(49)50)39(4,5)6)54-33-20-30(24-12-10-9-11-13-24)41-31-18-26(53-7)14-17-29(31)33/h8-14,17-18,20,23,25,27-28,32,34H,1,15-16,19,21-22H2,2-7H3,(H,42,46)(H,43,48)(H,49,50)/t25-,27-,32+,34+,40-/m1/s1. The molecule has 14 nitrogen and oxygen atoms in total. The van der Waals surface area contributed by atoms with E-state index in [0.29, 0.717) is 40.9 Å². The first-order valence-electron chi connectivity index (χ1n) is 18.4. The maximum absolute atomic E-state index is 14.7. The molecule has 2 aliphatic carbocycles. The van der Waals surface area contributed by atoms with Gasteiger partial charge in [-0.15, -0.1) is 6.58 Å². The van der Waals surface area contributed by atoms with Crippen molar-refractivity contribution in [1.29, 1.82) is 0 Å². The molecule has 2 aromatic carbocycles. The van der Waals surface area contributed by atoms with E-state index in [1.807, 2.05) is 36.4 Å². The molecule has 1 saturated heterocycles. The normalized spacial score (nSPS) is 22.8. The van der Waals surface area contributed by atoms with E-state index in [9.17, 15) is 32.7 Å². The van der Waals surface area contributed by atoms with Crippen LogP contribution in [0.3, 0.4) is 0 Å². The van der Waals surface area contributed by atoms with Crippen molar-refractivity contribution in [2.24, 2.45) is 11.8 Å². The second kappa shape index (κ2) is 14.8. The van der Waals surface area contributed by atoms with Gasteiger partial charge in [0.25, 0.3) is 5.91 Å². The molecule has 2 heterocycles. The van der Waals surface area contributed by atoms with Gasteiger partial charge in [-0.25, -0.2) is 18.2 Å². The lowest BCUT2D eigenvalue weighted by Gasteiger charge is -2.42. The van der Waals surface area contributed by atoms with E-state index in [-0.39, 0.29) is 19.4 Å². The summed E-state index contributed by atoms with van der Waals surface area (Å²) in [7, 11) is -2.37. The molecule has 294 valence electrons. The van der Waals surface area contributed by atoms with Gasteiger partial charge in [0, 0.05) is 41.0 Å². The minimum absolute atomic E-state index is 0.0115. The number of benzene rings is 2. The number of rotatable bonds is 13. The Morgan fingerprint density at radius 3 is 2.35 bits per heavy atom. The number of carbonyl (C=O) groups is 4. The molecule has 3 aliphatic rings. The van der Waals surface area contributed by atoms with Crippen LogP contribution in [-0.2, 0) is 24.4 Å². The first-order chi connectivity index (χ1) is 25.9. The summed E-state index contributed by atoms with van der Waals surface area (Å²) in [6, 6.07) is 14.3. The van der Waals surface area contributed by atoms with Gasteiger partial charge in [-0.05, 0) is 58.1 Å². The number of amides is 4. The zero-order valence-electron chi connectivity index (χ0n) is 31.9. The lowest BCUT2D eigenvalue weighted by atomic mass is 9.95. The number of carboxylic acid groups (broad SMARTS) is 1. The first-order valence-corrected chi connectivity index (χ1v) is 20.0. The lowest BCUT2D eigenvalue weighted by Crippen LogP contribution is -2.62. The van der Waals surface area contributed by atoms with Gasteiger partial charge in [-0.1, -0.05) is 50.3 Å². The summed E-state index contributed by atoms with van der Waals surface area (Å²) in [5.41, 5.74) is -0.514. The van der Waals surface area contributed by atoms with Gasteiger partial charge in [-0.2, -0.15) is 0 Å². The third-order valence-corrected chi connectivity index (χ3v) is 12.3. The molecule has 55 heavy (non-hydrogen) atoms. The van der Waals surface area contributed by atoms with Crippen LogP contribution in [0.1, 0.15) is 60.3 Å². The molecular weight excluding hydrogens is 727 g/mol. The van der Waals surface area contributed by atoms with E-state index in [1.54, 1.807) is 59.9 Å². The maximum atomic E-state index is 14.7. The Labute approximate surface area is 321 Å². The van der Waals surface area contributed by atoms with E-state index >= 15 is 0 Å². The summed E-state index contributed by atoms with van der Waals surface area (Å²) >= 11 is 0.